The van der Waals surface area contributed by atoms with Crippen LogP contribution in [0.1, 0.15) is 39.0 Å². The average molecular weight is 356 g/mol. The number of hydrogen-bond acceptors (Lipinski definition) is 4. The predicted molar refractivity (Wildman–Crippen MR) is 98.2 cm³/mol. The topological polar surface area (TPSA) is 50.7 Å². The van der Waals surface area contributed by atoms with Gasteiger partial charge in [-0.15, -0.1) is 12.4 Å². The van der Waals surface area contributed by atoms with Gasteiger partial charge in [0.25, 0.3) is 0 Å². The highest BCUT2D eigenvalue weighted by Crippen LogP contribution is 2.31. The van der Waals surface area contributed by atoms with E-state index in [-0.39, 0.29) is 25.6 Å². The van der Waals surface area contributed by atoms with Crippen molar-refractivity contribution in [2.45, 2.75) is 44.6 Å². The number of fused-ring (bicyclic) bond motifs is 1. The van der Waals surface area contributed by atoms with Crippen molar-refractivity contribution in [3.05, 3.63) is 24.3 Å². The van der Waals surface area contributed by atoms with Gasteiger partial charge in [0.15, 0.2) is 11.5 Å². The first-order valence-corrected chi connectivity index (χ1v) is 8.94. The molecule has 1 atom stereocenters. The van der Waals surface area contributed by atoms with Crippen LogP contribution in [0.2, 0.25) is 0 Å². The van der Waals surface area contributed by atoms with Gasteiger partial charge in [-0.3, -0.25) is 0 Å². The first kappa shape index (κ1) is 19.4. The third-order valence-corrected chi connectivity index (χ3v) is 5.22. The van der Waals surface area contributed by atoms with E-state index in [1.54, 1.807) is 0 Å². The maximum Gasteiger partial charge on any atom is 0.161 e. The van der Waals surface area contributed by atoms with Crippen molar-refractivity contribution in [3.63, 3.8) is 0 Å². The molecule has 0 bridgehead atoms. The van der Waals surface area contributed by atoms with Crippen molar-refractivity contribution in [2.24, 2.45) is 11.8 Å². The molecule has 4 nitrogen and oxygen atoms in total. The van der Waals surface area contributed by atoms with Crippen LogP contribution in [0.3, 0.4) is 0 Å². The molecule has 1 saturated carbocycles. The number of halogens is 1. The van der Waals surface area contributed by atoms with Gasteiger partial charge in [0.05, 0.1) is 0 Å². The highest BCUT2D eigenvalue weighted by atomic mass is 35.5. The molecule has 0 amide bonds. The minimum absolute atomic E-state index is 0. The van der Waals surface area contributed by atoms with Gasteiger partial charge < -0.3 is 19.9 Å². The van der Waals surface area contributed by atoms with Crippen LogP contribution in [0.4, 0.5) is 0 Å². The molecule has 1 unspecified atom stereocenters. The zero-order valence-corrected chi connectivity index (χ0v) is 15.3. The molecule has 136 valence electrons. The molecule has 24 heavy (non-hydrogen) atoms. The second-order valence-electron chi connectivity index (χ2n) is 7.25. The van der Waals surface area contributed by atoms with Gasteiger partial charge in [-0.05, 0) is 30.5 Å². The molecule has 2 N–H and O–H groups in total. The Hall–Kier alpha value is -0.970. The zero-order valence-electron chi connectivity index (χ0n) is 14.5. The molecule has 1 aliphatic heterocycles. The maximum atomic E-state index is 10.7. The van der Waals surface area contributed by atoms with E-state index in [0.29, 0.717) is 24.0 Å². The Morgan fingerprint density at radius 3 is 2.29 bits per heavy atom. The molecule has 2 aliphatic rings. The number of nitrogens with one attached hydrogen (secondary N) is 1. The quantitative estimate of drug-likeness (QED) is 0.849. The number of hydrogen-bond donors (Lipinski definition) is 2. The lowest BCUT2D eigenvalue weighted by Gasteiger charge is -2.30. The summed E-state index contributed by atoms with van der Waals surface area (Å²) >= 11 is 0. The van der Waals surface area contributed by atoms with E-state index in [4.69, 9.17) is 9.47 Å². The second-order valence-corrected chi connectivity index (χ2v) is 7.25. The number of aliphatic hydroxyl groups is 1. The Kier molecular flexibility index (Phi) is 7.20. The van der Waals surface area contributed by atoms with Crippen molar-refractivity contribution in [2.75, 3.05) is 26.3 Å². The van der Waals surface area contributed by atoms with Gasteiger partial charge in [-0.2, -0.15) is 0 Å². The summed E-state index contributed by atoms with van der Waals surface area (Å²) in [5.41, 5.74) is -0.981. The van der Waals surface area contributed by atoms with E-state index in [1.807, 2.05) is 24.3 Å². The SMILES string of the molecule is CC(CNCC1(O)COc2ccccc2OC1)C1CCCCC1.Cl. The van der Waals surface area contributed by atoms with Crippen LogP contribution in [0.5, 0.6) is 11.5 Å². The molecule has 0 saturated heterocycles. The van der Waals surface area contributed by atoms with Gasteiger partial charge in [0.1, 0.15) is 18.8 Å². The van der Waals surface area contributed by atoms with Crippen molar-refractivity contribution < 1.29 is 14.6 Å². The maximum absolute atomic E-state index is 10.7. The highest BCUT2D eigenvalue weighted by Gasteiger charge is 2.32. The Labute approximate surface area is 151 Å². The third-order valence-electron chi connectivity index (χ3n) is 5.22. The molecule has 1 aromatic rings. The first-order valence-electron chi connectivity index (χ1n) is 8.94. The van der Waals surface area contributed by atoms with E-state index in [0.717, 1.165) is 12.5 Å². The van der Waals surface area contributed by atoms with Crippen LogP contribution in [-0.4, -0.2) is 37.0 Å². The Balaban J connectivity index is 0.00000208. The second kappa shape index (κ2) is 8.93. The van der Waals surface area contributed by atoms with E-state index < -0.39 is 5.60 Å². The highest BCUT2D eigenvalue weighted by molar-refractivity contribution is 5.85. The minimum atomic E-state index is -0.981. The van der Waals surface area contributed by atoms with Gasteiger partial charge >= 0.3 is 0 Å². The van der Waals surface area contributed by atoms with Gasteiger partial charge in [0, 0.05) is 6.54 Å². The molecule has 1 aliphatic carbocycles. The summed E-state index contributed by atoms with van der Waals surface area (Å²) in [4.78, 5) is 0. The number of ether oxygens (including phenoxy) is 2. The molecule has 3 rings (SSSR count). The fraction of sp³-hybridized carbons (Fsp3) is 0.684. The normalized spacial score (nSPS) is 21.4. The fourth-order valence-electron chi connectivity index (χ4n) is 3.66. The van der Waals surface area contributed by atoms with Crippen LogP contribution in [-0.2, 0) is 0 Å². The lowest BCUT2D eigenvalue weighted by molar-refractivity contribution is -0.0273. The lowest BCUT2D eigenvalue weighted by atomic mass is 9.81. The van der Waals surface area contributed by atoms with Gasteiger partial charge in [-0.1, -0.05) is 51.2 Å². The van der Waals surface area contributed by atoms with Crippen molar-refractivity contribution in [1.82, 2.24) is 5.32 Å². The monoisotopic (exact) mass is 355 g/mol. The van der Waals surface area contributed by atoms with Crippen molar-refractivity contribution >= 4 is 12.4 Å². The van der Waals surface area contributed by atoms with Crippen LogP contribution >= 0.6 is 12.4 Å². The molecule has 0 spiro atoms. The molecular weight excluding hydrogens is 326 g/mol. The standard InChI is InChI=1S/C19H29NO3.ClH/c1-15(16-7-3-2-4-8-16)11-20-12-19(21)13-22-17-9-5-6-10-18(17)23-14-19;/h5-6,9-10,15-16,20-21H,2-4,7-8,11-14H2,1H3;1H. The van der Waals surface area contributed by atoms with Crippen LogP contribution < -0.4 is 14.8 Å². The molecule has 0 radical (unpaired) electrons. The Morgan fingerprint density at radius 2 is 1.71 bits per heavy atom. The number of benzene rings is 1. The predicted octanol–water partition coefficient (Wildman–Crippen LogP) is 3.42. The lowest BCUT2D eigenvalue weighted by Crippen LogP contribution is -2.50. The molecule has 5 heteroatoms. The molecule has 1 heterocycles. The number of para-hydroxylation sites is 2. The largest absolute Gasteiger partial charge is 0.487 e. The summed E-state index contributed by atoms with van der Waals surface area (Å²) in [6, 6.07) is 7.58. The van der Waals surface area contributed by atoms with E-state index in [2.05, 4.69) is 12.2 Å². The van der Waals surface area contributed by atoms with E-state index in [1.165, 1.54) is 32.1 Å². The molecule has 1 aromatic carbocycles. The summed E-state index contributed by atoms with van der Waals surface area (Å²) in [5.74, 6) is 2.90. The minimum Gasteiger partial charge on any atom is -0.487 e. The number of rotatable bonds is 5. The molecular formula is C19H30ClNO3. The van der Waals surface area contributed by atoms with Gasteiger partial charge in [0.2, 0.25) is 0 Å². The summed E-state index contributed by atoms with van der Waals surface area (Å²) in [6.45, 7) is 4.28. The van der Waals surface area contributed by atoms with Crippen molar-refractivity contribution in [3.8, 4) is 11.5 Å². The summed E-state index contributed by atoms with van der Waals surface area (Å²) < 4.78 is 11.4. The smallest absolute Gasteiger partial charge is 0.161 e. The summed E-state index contributed by atoms with van der Waals surface area (Å²) in [6.07, 6.45) is 6.85. The summed E-state index contributed by atoms with van der Waals surface area (Å²) in [7, 11) is 0. The average Bonchev–Trinajstić information content (AvgIpc) is 2.76. The Morgan fingerprint density at radius 1 is 1.12 bits per heavy atom. The van der Waals surface area contributed by atoms with Crippen molar-refractivity contribution in [1.29, 1.82) is 0 Å². The molecule has 0 aromatic heterocycles. The van der Waals surface area contributed by atoms with Crippen LogP contribution in [0, 0.1) is 11.8 Å². The third kappa shape index (κ3) is 5.01. The van der Waals surface area contributed by atoms with E-state index in [9.17, 15) is 5.11 Å². The van der Waals surface area contributed by atoms with E-state index >= 15 is 0 Å². The van der Waals surface area contributed by atoms with Crippen LogP contribution in [0.15, 0.2) is 24.3 Å². The molecule has 1 fully saturated rings. The van der Waals surface area contributed by atoms with Gasteiger partial charge in [-0.25, -0.2) is 0 Å². The van der Waals surface area contributed by atoms with Crippen LogP contribution in [0.25, 0.3) is 0 Å². The summed E-state index contributed by atoms with van der Waals surface area (Å²) in [5, 5.41) is 14.2. The zero-order chi connectivity index (χ0) is 16.1. The Bertz CT molecular complexity index is 478. The fourth-order valence-corrected chi connectivity index (χ4v) is 3.66. The first-order chi connectivity index (χ1) is 11.2.